The summed E-state index contributed by atoms with van der Waals surface area (Å²) in [4.78, 5) is 0.0567. The van der Waals surface area contributed by atoms with Gasteiger partial charge in [-0.15, -0.1) is 0 Å². The lowest BCUT2D eigenvalue weighted by Crippen LogP contribution is -2.27. The minimum Gasteiger partial charge on any atom is -0.278 e. The van der Waals surface area contributed by atoms with E-state index >= 15 is 0 Å². The highest BCUT2D eigenvalue weighted by molar-refractivity contribution is 7.92. The Morgan fingerprint density at radius 1 is 0.923 bits per heavy atom. The van der Waals surface area contributed by atoms with Crippen LogP contribution >= 0.6 is 11.6 Å². The number of aryl methyl sites for hydroxylation is 1. The Bertz CT molecular complexity index is 1010. The molecule has 0 saturated carbocycles. The van der Waals surface area contributed by atoms with Gasteiger partial charge in [-0.3, -0.25) is 4.72 Å². The topological polar surface area (TPSA) is 83.5 Å². The van der Waals surface area contributed by atoms with Crippen LogP contribution in [0, 0.1) is 6.92 Å². The van der Waals surface area contributed by atoms with E-state index in [0.717, 1.165) is 18.4 Å². The highest BCUT2D eigenvalue weighted by Gasteiger charge is 2.27. The maximum Gasteiger partial charge on any atom is 0.261 e. The molecule has 0 amide bonds. The molecule has 9 heteroatoms. The average molecular weight is 415 g/mol. The van der Waals surface area contributed by atoms with Gasteiger partial charge in [0.15, 0.2) is 0 Å². The Labute approximate surface area is 158 Å². The first-order valence-corrected chi connectivity index (χ1v) is 11.4. The molecule has 6 nitrogen and oxygen atoms in total. The van der Waals surface area contributed by atoms with E-state index in [4.69, 9.17) is 11.6 Å². The molecule has 3 rings (SSSR count). The van der Waals surface area contributed by atoms with Crippen LogP contribution in [-0.4, -0.2) is 34.2 Å². The summed E-state index contributed by atoms with van der Waals surface area (Å²) in [6, 6.07) is 10.2. The fourth-order valence-corrected chi connectivity index (χ4v) is 5.71. The van der Waals surface area contributed by atoms with Crippen molar-refractivity contribution in [3.05, 3.63) is 53.1 Å². The number of hydrogen-bond donors (Lipinski definition) is 1. The van der Waals surface area contributed by atoms with Crippen LogP contribution in [0.15, 0.2) is 52.3 Å². The first-order valence-electron chi connectivity index (χ1n) is 8.09. The van der Waals surface area contributed by atoms with Gasteiger partial charge in [-0.2, -0.15) is 4.31 Å². The zero-order chi connectivity index (χ0) is 18.9. The molecule has 0 radical (unpaired) electrons. The first kappa shape index (κ1) is 19.2. The van der Waals surface area contributed by atoms with Crippen molar-refractivity contribution in [3.63, 3.8) is 0 Å². The van der Waals surface area contributed by atoms with E-state index in [1.807, 2.05) is 6.92 Å². The van der Waals surface area contributed by atoms with Gasteiger partial charge in [0.25, 0.3) is 10.0 Å². The number of nitrogens with one attached hydrogen (secondary N) is 1. The van der Waals surface area contributed by atoms with Gasteiger partial charge in [-0.1, -0.05) is 17.7 Å². The fraction of sp³-hybridized carbons (Fsp3) is 0.294. The van der Waals surface area contributed by atoms with E-state index in [9.17, 15) is 16.8 Å². The molecule has 0 aliphatic carbocycles. The molecule has 140 valence electrons. The number of benzene rings is 2. The van der Waals surface area contributed by atoms with Gasteiger partial charge in [0.2, 0.25) is 10.0 Å². The lowest BCUT2D eigenvalue weighted by molar-refractivity contribution is 0.477. The van der Waals surface area contributed by atoms with E-state index in [-0.39, 0.29) is 15.5 Å². The molecule has 1 saturated heterocycles. The number of anilines is 1. The molecule has 0 atom stereocenters. The number of halogens is 1. The van der Waals surface area contributed by atoms with Crippen molar-refractivity contribution in [2.75, 3.05) is 17.8 Å². The highest BCUT2D eigenvalue weighted by Crippen LogP contribution is 2.27. The Morgan fingerprint density at radius 3 is 2.08 bits per heavy atom. The average Bonchev–Trinajstić information content (AvgIpc) is 3.13. The number of hydrogen-bond acceptors (Lipinski definition) is 4. The van der Waals surface area contributed by atoms with Gasteiger partial charge >= 0.3 is 0 Å². The molecule has 0 unspecified atom stereocenters. The molecule has 1 aliphatic rings. The molecule has 1 fully saturated rings. The second-order valence-corrected chi connectivity index (χ2v) is 10.2. The van der Waals surface area contributed by atoms with Crippen LogP contribution in [0.5, 0.6) is 0 Å². The summed E-state index contributed by atoms with van der Waals surface area (Å²) in [5.41, 5.74) is 1.18. The summed E-state index contributed by atoms with van der Waals surface area (Å²) in [5.74, 6) is 0. The SMILES string of the molecule is Cc1ccc(NS(=O)(=O)c2ccc(S(=O)(=O)N3CCCC3)cc2)c(Cl)c1. The third-order valence-corrected chi connectivity index (χ3v) is 7.81. The van der Waals surface area contributed by atoms with Crippen LogP contribution in [-0.2, 0) is 20.0 Å². The predicted octanol–water partition coefficient (Wildman–Crippen LogP) is 3.23. The first-order chi connectivity index (χ1) is 12.2. The molecule has 0 bridgehead atoms. The minimum absolute atomic E-state index is 0.0329. The number of nitrogens with zero attached hydrogens (tertiary/aromatic N) is 1. The van der Waals surface area contributed by atoms with Crippen LogP contribution < -0.4 is 4.72 Å². The Kier molecular flexibility index (Phi) is 5.30. The fourth-order valence-electron chi connectivity index (χ4n) is 2.77. The van der Waals surface area contributed by atoms with Crippen molar-refractivity contribution in [2.45, 2.75) is 29.6 Å². The van der Waals surface area contributed by atoms with Crippen molar-refractivity contribution in [3.8, 4) is 0 Å². The second kappa shape index (κ2) is 7.19. The monoisotopic (exact) mass is 414 g/mol. The molecule has 0 aromatic heterocycles. The van der Waals surface area contributed by atoms with Crippen LogP contribution in [0.2, 0.25) is 5.02 Å². The van der Waals surface area contributed by atoms with Gasteiger partial charge in [0.05, 0.1) is 20.5 Å². The van der Waals surface area contributed by atoms with E-state index in [2.05, 4.69) is 4.72 Å². The predicted molar refractivity (Wildman–Crippen MR) is 101 cm³/mol. The van der Waals surface area contributed by atoms with Crippen molar-refractivity contribution in [1.82, 2.24) is 4.31 Å². The number of rotatable bonds is 5. The Morgan fingerprint density at radius 2 is 1.50 bits per heavy atom. The summed E-state index contributed by atoms with van der Waals surface area (Å²) in [6.45, 7) is 2.84. The Hall–Kier alpha value is -1.61. The number of sulfonamides is 2. The maximum atomic E-state index is 12.5. The summed E-state index contributed by atoms with van der Waals surface area (Å²) in [5, 5.41) is 0.293. The molecule has 1 aliphatic heterocycles. The molecule has 2 aromatic rings. The molecule has 0 spiro atoms. The molecule has 1 heterocycles. The van der Waals surface area contributed by atoms with Crippen molar-refractivity contribution < 1.29 is 16.8 Å². The van der Waals surface area contributed by atoms with E-state index in [1.54, 1.807) is 18.2 Å². The van der Waals surface area contributed by atoms with Gasteiger partial charge in [0.1, 0.15) is 0 Å². The molecular weight excluding hydrogens is 396 g/mol. The summed E-state index contributed by atoms with van der Waals surface area (Å²) in [7, 11) is -7.45. The van der Waals surface area contributed by atoms with E-state index in [1.165, 1.54) is 28.6 Å². The maximum absolute atomic E-state index is 12.5. The molecule has 2 aromatic carbocycles. The van der Waals surface area contributed by atoms with Crippen LogP contribution in [0.3, 0.4) is 0 Å². The largest absolute Gasteiger partial charge is 0.278 e. The van der Waals surface area contributed by atoms with Gasteiger partial charge < -0.3 is 0 Å². The van der Waals surface area contributed by atoms with E-state index < -0.39 is 20.0 Å². The molecule has 26 heavy (non-hydrogen) atoms. The van der Waals surface area contributed by atoms with Crippen molar-refractivity contribution >= 4 is 37.3 Å². The van der Waals surface area contributed by atoms with Crippen LogP contribution in [0.4, 0.5) is 5.69 Å². The Balaban J connectivity index is 1.85. The van der Waals surface area contributed by atoms with Crippen molar-refractivity contribution in [2.24, 2.45) is 0 Å². The third kappa shape index (κ3) is 3.88. The molecule has 1 N–H and O–H groups in total. The van der Waals surface area contributed by atoms with Gasteiger partial charge in [0, 0.05) is 13.1 Å². The zero-order valence-electron chi connectivity index (χ0n) is 14.1. The highest BCUT2D eigenvalue weighted by atomic mass is 35.5. The zero-order valence-corrected chi connectivity index (χ0v) is 16.5. The van der Waals surface area contributed by atoms with Gasteiger partial charge in [-0.25, -0.2) is 16.8 Å². The van der Waals surface area contributed by atoms with E-state index in [0.29, 0.717) is 18.1 Å². The quantitative estimate of drug-likeness (QED) is 0.814. The standard InChI is InChI=1S/C17H19ClN2O4S2/c1-13-4-9-17(16(18)12-13)19-25(21,22)14-5-7-15(8-6-14)26(23,24)20-10-2-3-11-20/h4-9,12,19H,2-3,10-11H2,1H3. The summed E-state index contributed by atoms with van der Waals surface area (Å²) in [6.07, 6.45) is 1.68. The van der Waals surface area contributed by atoms with Crippen molar-refractivity contribution in [1.29, 1.82) is 0 Å². The summed E-state index contributed by atoms with van der Waals surface area (Å²) >= 11 is 6.07. The molecular formula is C17H19ClN2O4S2. The second-order valence-electron chi connectivity index (χ2n) is 6.17. The summed E-state index contributed by atoms with van der Waals surface area (Å²) < 4.78 is 53.9. The smallest absolute Gasteiger partial charge is 0.261 e. The normalized spacial score (nSPS) is 15.9. The van der Waals surface area contributed by atoms with Crippen LogP contribution in [0.1, 0.15) is 18.4 Å². The minimum atomic E-state index is -3.87. The lowest BCUT2D eigenvalue weighted by Gasteiger charge is -2.16. The van der Waals surface area contributed by atoms with Crippen LogP contribution in [0.25, 0.3) is 0 Å². The van der Waals surface area contributed by atoms with Gasteiger partial charge in [-0.05, 0) is 61.7 Å². The third-order valence-electron chi connectivity index (χ3n) is 4.21. The lowest BCUT2D eigenvalue weighted by atomic mass is 10.2.